The Bertz CT molecular complexity index is 714. The smallest absolute Gasteiger partial charge is 0.230 e. The number of nitrogens with zero attached hydrogens (tertiary/aromatic N) is 3. The summed E-state index contributed by atoms with van der Waals surface area (Å²) in [5.41, 5.74) is 0. The predicted molar refractivity (Wildman–Crippen MR) is 102 cm³/mol. The van der Waals surface area contributed by atoms with Crippen molar-refractivity contribution >= 4 is 17.7 Å². The van der Waals surface area contributed by atoms with Gasteiger partial charge in [0.15, 0.2) is 17.1 Å². The summed E-state index contributed by atoms with van der Waals surface area (Å²) in [6, 6.07) is 9.99. The van der Waals surface area contributed by atoms with Gasteiger partial charge in [0.2, 0.25) is 5.91 Å². The molecular weight excluding hydrogens is 348 g/mol. The van der Waals surface area contributed by atoms with E-state index in [-0.39, 0.29) is 12.0 Å². The predicted octanol–water partition coefficient (Wildman–Crippen LogP) is 3.50. The molecule has 2 aromatic rings. The van der Waals surface area contributed by atoms with Crippen LogP contribution in [-0.2, 0) is 11.8 Å². The molecule has 1 amide bonds. The van der Waals surface area contributed by atoms with E-state index in [1.54, 1.807) is 0 Å². The van der Waals surface area contributed by atoms with Gasteiger partial charge in [0.25, 0.3) is 0 Å². The number of amides is 1. The molecule has 1 aromatic heterocycles. The van der Waals surface area contributed by atoms with E-state index in [4.69, 9.17) is 4.74 Å². The van der Waals surface area contributed by atoms with Crippen molar-refractivity contribution < 1.29 is 9.53 Å². The highest BCUT2D eigenvalue weighted by atomic mass is 32.2. The van der Waals surface area contributed by atoms with Crippen LogP contribution in [0.4, 0.5) is 0 Å². The van der Waals surface area contributed by atoms with Crippen LogP contribution in [0, 0.1) is 0 Å². The standard InChI is InChI=1S/C19H26N4O2S/c1-14(25-16-11-7-4-8-12-16)18-21-22-19(23(18)2)26-13-17(24)20-15-9-5-3-6-10-15/h4,7-8,11-12,14-15H,3,5-6,9-10,13H2,1-2H3,(H,20,24)/t14-/m1/s1. The van der Waals surface area contributed by atoms with Gasteiger partial charge >= 0.3 is 0 Å². The largest absolute Gasteiger partial charge is 0.483 e. The van der Waals surface area contributed by atoms with Crippen LogP contribution in [0.1, 0.15) is 51.0 Å². The van der Waals surface area contributed by atoms with Gasteiger partial charge in [-0.2, -0.15) is 0 Å². The van der Waals surface area contributed by atoms with Crippen LogP contribution in [0.15, 0.2) is 35.5 Å². The van der Waals surface area contributed by atoms with E-state index < -0.39 is 0 Å². The molecule has 0 unspecified atom stereocenters. The van der Waals surface area contributed by atoms with Gasteiger partial charge in [-0.3, -0.25) is 4.79 Å². The second-order valence-corrected chi connectivity index (χ2v) is 7.61. The number of carbonyl (C=O) groups excluding carboxylic acids is 1. The maximum Gasteiger partial charge on any atom is 0.230 e. The maximum atomic E-state index is 12.2. The number of ether oxygens (including phenoxy) is 1. The van der Waals surface area contributed by atoms with Crippen molar-refractivity contribution in [3.05, 3.63) is 36.2 Å². The van der Waals surface area contributed by atoms with Crippen molar-refractivity contribution in [2.75, 3.05) is 5.75 Å². The molecule has 3 rings (SSSR count). The first kappa shape index (κ1) is 18.8. The molecule has 1 aliphatic carbocycles. The van der Waals surface area contributed by atoms with Crippen LogP contribution in [0.25, 0.3) is 0 Å². The van der Waals surface area contributed by atoms with E-state index >= 15 is 0 Å². The lowest BCUT2D eigenvalue weighted by atomic mass is 9.95. The van der Waals surface area contributed by atoms with Crippen molar-refractivity contribution in [2.45, 2.75) is 56.3 Å². The number of carbonyl (C=O) groups is 1. The fraction of sp³-hybridized carbons (Fsp3) is 0.526. The molecule has 26 heavy (non-hydrogen) atoms. The molecule has 1 N–H and O–H groups in total. The van der Waals surface area contributed by atoms with Crippen LogP contribution < -0.4 is 10.1 Å². The highest BCUT2D eigenvalue weighted by Gasteiger charge is 2.19. The third-order valence-electron chi connectivity index (χ3n) is 4.59. The Labute approximate surface area is 158 Å². The van der Waals surface area contributed by atoms with Gasteiger partial charge in [-0.05, 0) is 31.9 Å². The number of benzene rings is 1. The summed E-state index contributed by atoms with van der Waals surface area (Å²) in [5, 5.41) is 12.3. The van der Waals surface area contributed by atoms with Crippen molar-refractivity contribution in [1.29, 1.82) is 0 Å². The van der Waals surface area contributed by atoms with Crippen LogP contribution in [0.2, 0.25) is 0 Å². The van der Waals surface area contributed by atoms with Gasteiger partial charge in [0, 0.05) is 13.1 Å². The first-order chi connectivity index (χ1) is 12.6. The maximum absolute atomic E-state index is 12.2. The Morgan fingerprint density at radius 1 is 1.27 bits per heavy atom. The number of para-hydroxylation sites is 1. The Morgan fingerprint density at radius 3 is 2.73 bits per heavy atom. The average Bonchev–Trinajstić information content (AvgIpc) is 3.02. The summed E-state index contributed by atoms with van der Waals surface area (Å²) >= 11 is 1.41. The Morgan fingerprint density at radius 2 is 2.00 bits per heavy atom. The first-order valence-electron chi connectivity index (χ1n) is 9.16. The fourth-order valence-corrected chi connectivity index (χ4v) is 3.94. The third-order valence-corrected chi connectivity index (χ3v) is 5.61. The topological polar surface area (TPSA) is 69.0 Å². The highest BCUT2D eigenvalue weighted by molar-refractivity contribution is 7.99. The molecule has 0 radical (unpaired) electrons. The number of hydrogen-bond donors (Lipinski definition) is 1. The summed E-state index contributed by atoms with van der Waals surface area (Å²) < 4.78 is 7.80. The molecule has 1 fully saturated rings. The van der Waals surface area contributed by atoms with E-state index in [0.717, 1.165) is 29.6 Å². The normalized spacial score (nSPS) is 16.2. The fourth-order valence-electron chi connectivity index (χ4n) is 3.21. The SMILES string of the molecule is C[C@@H](Oc1ccccc1)c1nnc(SCC(=O)NC2CCCCC2)n1C. The minimum absolute atomic E-state index is 0.0695. The summed E-state index contributed by atoms with van der Waals surface area (Å²) in [6.07, 6.45) is 5.68. The third kappa shape index (κ3) is 5.00. The zero-order valence-electron chi connectivity index (χ0n) is 15.4. The van der Waals surface area contributed by atoms with Gasteiger partial charge < -0.3 is 14.6 Å². The van der Waals surface area contributed by atoms with Gasteiger partial charge in [0.05, 0.1) is 5.75 Å². The second-order valence-electron chi connectivity index (χ2n) is 6.66. The highest BCUT2D eigenvalue weighted by Crippen LogP contribution is 2.23. The van der Waals surface area contributed by atoms with Gasteiger partial charge in [-0.1, -0.05) is 49.2 Å². The number of hydrogen-bond acceptors (Lipinski definition) is 5. The Kier molecular flexibility index (Phi) is 6.55. The van der Waals surface area contributed by atoms with E-state index in [2.05, 4.69) is 15.5 Å². The molecule has 1 aliphatic rings. The number of nitrogens with one attached hydrogen (secondary N) is 1. The van der Waals surface area contributed by atoms with Crippen molar-refractivity contribution in [3.63, 3.8) is 0 Å². The van der Waals surface area contributed by atoms with E-state index in [9.17, 15) is 4.79 Å². The Hall–Kier alpha value is -2.02. The van der Waals surface area contributed by atoms with Crippen LogP contribution in [0.5, 0.6) is 5.75 Å². The molecule has 1 atom stereocenters. The van der Waals surface area contributed by atoms with Gasteiger partial charge in [-0.25, -0.2) is 0 Å². The molecular formula is C19H26N4O2S. The van der Waals surface area contributed by atoms with E-state index in [0.29, 0.717) is 11.8 Å². The quantitative estimate of drug-likeness (QED) is 0.751. The molecule has 0 saturated heterocycles. The molecule has 1 saturated carbocycles. The average molecular weight is 375 g/mol. The lowest BCUT2D eigenvalue weighted by molar-refractivity contribution is -0.119. The minimum atomic E-state index is -0.222. The van der Waals surface area contributed by atoms with Gasteiger partial charge in [-0.15, -0.1) is 10.2 Å². The van der Waals surface area contributed by atoms with Crippen LogP contribution in [-0.4, -0.2) is 32.5 Å². The molecule has 0 aliphatic heterocycles. The van der Waals surface area contributed by atoms with Crippen LogP contribution >= 0.6 is 11.8 Å². The molecule has 140 valence electrons. The molecule has 0 bridgehead atoms. The summed E-state index contributed by atoms with van der Waals surface area (Å²) in [7, 11) is 1.90. The Balaban J connectivity index is 1.52. The lowest BCUT2D eigenvalue weighted by Gasteiger charge is -2.22. The lowest BCUT2D eigenvalue weighted by Crippen LogP contribution is -2.37. The molecule has 1 aromatic carbocycles. The molecule has 0 spiro atoms. The zero-order chi connectivity index (χ0) is 18.4. The number of rotatable bonds is 7. The number of aromatic nitrogens is 3. The summed E-state index contributed by atoms with van der Waals surface area (Å²) in [6.45, 7) is 1.95. The minimum Gasteiger partial charge on any atom is -0.483 e. The number of thioether (sulfide) groups is 1. The molecule has 6 nitrogen and oxygen atoms in total. The van der Waals surface area contributed by atoms with Crippen LogP contribution in [0.3, 0.4) is 0 Å². The summed E-state index contributed by atoms with van der Waals surface area (Å²) in [4.78, 5) is 12.2. The van der Waals surface area contributed by atoms with Gasteiger partial charge in [0.1, 0.15) is 5.75 Å². The van der Waals surface area contributed by atoms with Crippen molar-refractivity contribution in [1.82, 2.24) is 20.1 Å². The van der Waals surface area contributed by atoms with E-state index in [1.165, 1.54) is 31.0 Å². The second kappa shape index (κ2) is 9.07. The molecule has 7 heteroatoms. The monoisotopic (exact) mass is 374 g/mol. The van der Waals surface area contributed by atoms with Crippen molar-refractivity contribution in [3.8, 4) is 5.75 Å². The zero-order valence-corrected chi connectivity index (χ0v) is 16.2. The molecule has 1 heterocycles. The van der Waals surface area contributed by atoms with Crippen molar-refractivity contribution in [2.24, 2.45) is 7.05 Å². The van der Waals surface area contributed by atoms with E-state index in [1.807, 2.05) is 48.9 Å². The summed E-state index contributed by atoms with van der Waals surface area (Å²) in [5.74, 6) is 1.96. The first-order valence-corrected chi connectivity index (χ1v) is 10.1.